The van der Waals surface area contributed by atoms with Crippen LogP contribution in [0.3, 0.4) is 0 Å². The number of nitrogens with one attached hydrogen (secondary N) is 1. The Morgan fingerprint density at radius 1 is 1.39 bits per heavy atom. The third kappa shape index (κ3) is 2.50. The molecule has 6 nitrogen and oxygen atoms in total. The number of carbonyl (C=O) groups is 1. The second-order valence-corrected chi connectivity index (χ2v) is 6.03. The van der Waals surface area contributed by atoms with E-state index in [9.17, 15) is 4.79 Å². The summed E-state index contributed by atoms with van der Waals surface area (Å²) in [7, 11) is 0. The number of piperidine rings is 1. The number of aromatic amines is 1. The highest BCUT2D eigenvalue weighted by molar-refractivity contribution is 5.94. The number of hydrogen-bond acceptors (Lipinski definition) is 4. The van der Waals surface area contributed by atoms with Crippen molar-refractivity contribution in [2.24, 2.45) is 0 Å². The van der Waals surface area contributed by atoms with Gasteiger partial charge in [0.1, 0.15) is 17.1 Å². The Labute approximate surface area is 133 Å². The maximum atomic E-state index is 12.6. The number of aromatic nitrogens is 3. The van der Waals surface area contributed by atoms with Gasteiger partial charge in [-0.25, -0.2) is 4.98 Å². The fraction of sp³-hybridized carbons (Fsp3) is 0.353. The summed E-state index contributed by atoms with van der Waals surface area (Å²) in [5.74, 6) is 1.76. The van der Waals surface area contributed by atoms with Gasteiger partial charge in [0.05, 0.1) is 17.2 Å². The zero-order valence-electron chi connectivity index (χ0n) is 13.0. The van der Waals surface area contributed by atoms with E-state index in [1.165, 1.54) is 6.20 Å². The minimum atomic E-state index is -0.00967. The van der Waals surface area contributed by atoms with Crippen molar-refractivity contribution in [3.63, 3.8) is 0 Å². The van der Waals surface area contributed by atoms with Crippen LogP contribution in [0.1, 0.15) is 40.7 Å². The van der Waals surface area contributed by atoms with Crippen LogP contribution in [0.2, 0.25) is 0 Å². The van der Waals surface area contributed by atoms with Crippen molar-refractivity contribution >= 4 is 16.9 Å². The third-order valence-corrected chi connectivity index (χ3v) is 4.48. The number of nitrogens with zero attached hydrogens (tertiary/aromatic N) is 3. The number of likely N-dealkylation sites (tertiary alicyclic amines) is 1. The molecule has 6 heteroatoms. The molecule has 1 fully saturated rings. The number of para-hydroxylation sites is 2. The van der Waals surface area contributed by atoms with Gasteiger partial charge in [-0.15, -0.1) is 0 Å². The average molecular weight is 310 g/mol. The third-order valence-electron chi connectivity index (χ3n) is 4.48. The van der Waals surface area contributed by atoms with Crippen LogP contribution in [0.25, 0.3) is 11.0 Å². The molecule has 3 heterocycles. The number of aryl methyl sites for hydroxylation is 1. The number of hydrogen-bond donors (Lipinski definition) is 1. The van der Waals surface area contributed by atoms with Crippen LogP contribution < -0.4 is 0 Å². The second kappa shape index (κ2) is 5.53. The smallest absolute Gasteiger partial charge is 0.259 e. The molecule has 1 amide bonds. The van der Waals surface area contributed by atoms with Gasteiger partial charge in [0, 0.05) is 19.0 Å². The van der Waals surface area contributed by atoms with E-state index in [1.807, 2.05) is 29.2 Å². The monoisotopic (exact) mass is 310 g/mol. The van der Waals surface area contributed by atoms with E-state index in [-0.39, 0.29) is 11.8 Å². The summed E-state index contributed by atoms with van der Waals surface area (Å²) < 4.78 is 5.01. The standard InChI is InChI=1S/C17H18N4O2/c1-11-13(9-18-23-11)17(22)21-8-4-5-12(10-21)16-19-14-6-2-3-7-15(14)20-16/h2-3,6-7,9,12H,4-5,8,10H2,1H3,(H,19,20). The first-order chi connectivity index (χ1) is 11.2. The van der Waals surface area contributed by atoms with E-state index in [4.69, 9.17) is 4.52 Å². The van der Waals surface area contributed by atoms with Crippen LogP contribution in [0.5, 0.6) is 0 Å². The van der Waals surface area contributed by atoms with E-state index >= 15 is 0 Å². The van der Waals surface area contributed by atoms with E-state index in [1.54, 1.807) is 6.92 Å². The van der Waals surface area contributed by atoms with Gasteiger partial charge in [0.2, 0.25) is 0 Å². The summed E-state index contributed by atoms with van der Waals surface area (Å²) in [4.78, 5) is 22.6. The summed E-state index contributed by atoms with van der Waals surface area (Å²) in [5, 5.41) is 3.70. The summed E-state index contributed by atoms with van der Waals surface area (Å²) in [6, 6.07) is 8.01. The highest BCUT2D eigenvalue weighted by atomic mass is 16.5. The van der Waals surface area contributed by atoms with Gasteiger partial charge in [0.15, 0.2) is 0 Å². The zero-order valence-corrected chi connectivity index (χ0v) is 13.0. The highest BCUT2D eigenvalue weighted by Gasteiger charge is 2.28. The zero-order chi connectivity index (χ0) is 15.8. The molecule has 0 radical (unpaired) electrons. The molecule has 118 valence electrons. The van der Waals surface area contributed by atoms with Gasteiger partial charge >= 0.3 is 0 Å². The predicted molar refractivity (Wildman–Crippen MR) is 85.2 cm³/mol. The predicted octanol–water partition coefficient (Wildman–Crippen LogP) is 2.88. The van der Waals surface area contributed by atoms with Crippen LogP contribution in [-0.2, 0) is 0 Å². The summed E-state index contributed by atoms with van der Waals surface area (Å²) in [6.45, 7) is 3.20. The molecule has 3 aromatic rings. The first-order valence-electron chi connectivity index (χ1n) is 7.87. The van der Waals surface area contributed by atoms with Crippen LogP contribution in [-0.4, -0.2) is 39.0 Å². The first-order valence-corrected chi connectivity index (χ1v) is 7.87. The van der Waals surface area contributed by atoms with Crippen LogP contribution >= 0.6 is 0 Å². The maximum absolute atomic E-state index is 12.6. The van der Waals surface area contributed by atoms with Crippen molar-refractivity contribution in [3.8, 4) is 0 Å². The highest BCUT2D eigenvalue weighted by Crippen LogP contribution is 2.27. The van der Waals surface area contributed by atoms with Gasteiger partial charge in [-0.1, -0.05) is 17.3 Å². The number of carbonyl (C=O) groups excluding carboxylic acids is 1. The summed E-state index contributed by atoms with van der Waals surface area (Å²) >= 11 is 0. The number of imidazole rings is 1. The summed E-state index contributed by atoms with van der Waals surface area (Å²) in [5.41, 5.74) is 2.57. The van der Waals surface area contributed by atoms with Gasteiger partial charge in [0.25, 0.3) is 5.91 Å². The number of benzene rings is 1. The SMILES string of the molecule is Cc1oncc1C(=O)N1CCCC(c2nc3ccccc3[nH]2)C1. The summed E-state index contributed by atoms with van der Waals surface area (Å²) in [6.07, 6.45) is 3.51. The van der Waals surface area contributed by atoms with Crippen molar-refractivity contribution in [2.75, 3.05) is 13.1 Å². The van der Waals surface area contributed by atoms with Crippen LogP contribution in [0, 0.1) is 6.92 Å². The van der Waals surface area contributed by atoms with E-state index in [0.717, 1.165) is 36.2 Å². The first kappa shape index (κ1) is 14.0. The van der Waals surface area contributed by atoms with E-state index in [2.05, 4.69) is 15.1 Å². The average Bonchev–Trinajstić information content (AvgIpc) is 3.20. The normalized spacial score (nSPS) is 18.5. The maximum Gasteiger partial charge on any atom is 0.259 e. The lowest BCUT2D eigenvalue weighted by molar-refractivity contribution is 0.0703. The van der Waals surface area contributed by atoms with Gasteiger partial charge < -0.3 is 14.4 Å². The van der Waals surface area contributed by atoms with Crippen molar-refractivity contribution in [1.82, 2.24) is 20.0 Å². The molecule has 0 saturated carbocycles. The second-order valence-electron chi connectivity index (χ2n) is 6.03. The molecule has 1 aliphatic rings. The number of H-pyrrole nitrogens is 1. The minimum absolute atomic E-state index is 0.00967. The van der Waals surface area contributed by atoms with E-state index < -0.39 is 0 Å². The van der Waals surface area contributed by atoms with Crippen molar-refractivity contribution < 1.29 is 9.32 Å². The number of amides is 1. The Morgan fingerprint density at radius 3 is 3.04 bits per heavy atom. The Bertz CT molecular complexity index is 818. The minimum Gasteiger partial charge on any atom is -0.361 e. The molecule has 0 spiro atoms. The van der Waals surface area contributed by atoms with Gasteiger partial charge in [-0.3, -0.25) is 4.79 Å². The molecule has 1 N–H and O–H groups in total. The molecule has 1 saturated heterocycles. The Kier molecular flexibility index (Phi) is 3.37. The fourth-order valence-corrected chi connectivity index (χ4v) is 3.23. The lowest BCUT2D eigenvalue weighted by Crippen LogP contribution is -2.39. The molecule has 1 unspecified atom stereocenters. The van der Waals surface area contributed by atoms with Gasteiger partial charge in [-0.05, 0) is 31.9 Å². The topological polar surface area (TPSA) is 75.0 Å². The molecule has 23 heavy (non-hydrogen) atoms. The molecule has 2 aromatic heterocycles. The molecule has 1 aromatic carbocycles. The van der Waals surface area contributed by atoms with Crippen LogP contribution in [0.4, 0.5) is 0 Å². The molecular formula is C17H18N4O2. The van der Waals surface area contributed by atoms with E-state index in [0.29, 0.717) is 17.9 Å². The largest absolute Gasteiger partial charge is 0.361 e. The molecular weight excluding hydrogens is 292 g/mol. The Hall–Kier alpha value is -2.63. The number of fused-ring (bicyclic) bond motifs is 1. The molecule has 1 atom stereocenters. The molecule has 0 aliphatic carbocycles. The molecule has 1 aliphatic heterocycles. The molecule has 4 rings (SSSR count). The van der Waals surface area contributed by atoms with Gasteiger partial charge in [-0.2, -0.15) is 0 Å². The quantitative estimate of drug-likeness (QED) is 0.789. The lowest BCUT2D eigenvalue weighted by atomic mass is 9.97. The van der Waals surface area contributed by atoms with Crippen molar-refractivity contribution in [2.45, 2.75) is 25.7 Å². The van der Waals surface area contributed by atoms with Crippen LogP contribution in [0.15, 0.2) is 35.0 Å². The van der Waals surface area contributed by atoms with Crippen molar-refractivity contribution in [1.29, 1.82) is 0 Å². The lowest BCUT2D eigenvalue weighted by Gasteiger charge is -2.31. The Morgan fingerprint density at radius 2 is 2.26 bits per heavy atom. The molecule has 0 bridgehead atoms. The Balaban J connectivity index is 1.57. The van der Waals surface area contributed by atoms with Crippen molar-refractivity contribution in [3.05, 3.63) is 47.6 Å². The number of rotatable bonds is 2. The fourth-order valence-electron chi connectivity index (χ4n) is 3.23.